The number of esters is 1. The van der Waals surface area contributed by atoms with Crippen molar-refractivity contribution in [2.75, 3.05) is 0 Å². The first kappa shape index (κ1) is 17.7. The lowest BCUT2D eigenvalue weighted by molar-refractivity contribution is -0.149. The number of aldehydes is 1. The van der Waals surface area contributed by atoms with Gasteiger partial charge in [0.15, 0.2) is 0 Å². The molecule has 5 nitrogen and oxygen atoms in total. The van der Waals surface area contributed by atoms with Crippen molar-refractivity contribution in [2.45, 2.75) is 20.0 Å². The third kappa shape index (κ3) is 3.45. The summed E-state index contributed by atoms with van der Waals surface area (Å²) in [5.41, 5.74) is 0.104. The van der Waals surface area contributed by atoms with Crippen LogP contribution in [0.15, 0.2) is 54.6 Å². The van der Waals surface area contributed by atoms with Crippen molar-refractivity contribution in [3.05, 3.63) is 60.2 Å². The van der Waals surface area contributed by atoms with Crippen molar-refractivity contribution >= 4 is 12.3 Å². The largest absolute Gasteiger partial charge is 0.457 e. The highest BCUT2D eigenvalue weighted by Crippen LogP contribution is 2.57. The van der Waals surface area contributed by atoms with E-state index in [4.69, 9.17) is 9.47 Å². The molecule has 0 spiro atoms. The highest BCUT2D eigenvalue weighted by Gasteiger charge is 2.63. The number of ether oxygens (including phenoxy) is 2. The molecule has 1 aliphatic rings. The van der Waals surface area contributed by atoms with Gasteiger partial charge in [0.05, 0.1) is 5.92 Å². The molecule has 132 valence electrons. The van der Waals surface area contributed by atoms with E-state index in [-0.39, 0.29) is 5.92 Å². The first-order valence-corrected chi connectivity index (χ1v) is 8.35. The van der Waals surface area contributed by atoms with Gasteiger partial charge in [0, 0.05) is 11.5 Å². The number of para-hydroxylation sites is 1. The quantitative estimate of drug-likeness (QED) is 0.581. The molecule has 1 fully saturated rings. The fraction of sp³-hybridized carbons (Fsp3) is 0.286. The molecule has 26 heavy (non-hydrogen) atoms. The van der Waals surface area contributed by atoms with Gasteiger partial charge in [-0.15, -0.1) is 0 Å². The van der Waals surface area contributed by atoms with Crippen molar-refractivity contribution in [2.24, 2.45) is 17.3 Å². The van der Waals surface area contributed by atoms with Gasteiger partial charge in [-0.3, -0.25) is 4.79 Å². The maximum atomic E-state index is 12.3. The minimum Gasteiger partial charge on any atom is -0.457 e. The Morgan fingerprint density at radius 2 is 1.85 bits per heavy atom. The molecule has 1 saturated carbocycles. The zero-order chi connectivity index (χ0) is 18.7. The van der Waals surface area contributed by atoms with Crippen molar-refractivity contribution in [1.29, 1.82) is 5.26 Å². The van der Waals surface area contributed by atoms with Gasteiger partial charge in [-0.05, 0) is 29.7 Å². The summed E-state index contributed by atoms with van der Waals surface area (Å²) >= 11 is 0. The lowest BCUT2D eigenvalue weighted by Crippen LogP contribution is -2.14. The first-order chi connectivity index (χ1) is 12.5. The number of hydrogen-bond donors (Lipinski definition) is 0. The Balaban J connectivity index is 1.73. The monoisotopic (exact) mass is 349 g/mol. The molecule has 5 heteroatoms. The third-order valence-electron chi connectivity index (χ3n) is 4.80. The number of carbonyl (C=O) groups excluding carboxylic acids is 2. The summed E-state index contributed by atoms with van der Waals surface area (Å²) in [6.07, 6.45) is -0.271. The minimum atomic E-state index is -1.05. The second-order valence-corrected chi connectivity index (χ2v) is 6.89. The van der Waals surface area contributed by atoms with Crippen LogP contribution >= 0.6 is 0 Å². The molecular weight excluding hydrogens is 330 g/mol. The van der Waals surface area contributed by atoms with Crippen molar-refractivity contribution in [3.8, 4) is 17.6 Å². The van der Waals surface area contributed by atoms with E-state index in [1.807, 2.05) is 50.2 Å². The normalized spacial score (nSPS) is 21.1. The Kier molecular flexibility index (Phi) is 4.77. The average molecular weight is 349 g/mol. The van der Waals surface area contributed by atoms with Gasteiger partial charge in [0.25, 0.3) is 0 Å². The summed E-state index contributed by atoms with van der Waals surface area (Å²) in [6.45, 7) is 3.68. The van der Waals surface area contributed by atoms with Crippen molar-refractivity contribution < 1.29 is 19.1 Å². The van der Waals surface area contributed by atoms with Crippen molar-refractivity contribution in [1.82, 2.24) is 0 Å². The Hall–Kier alpha value is -3.13. The maximum absolute atomic E-state index is 12.3. The van der Waals surface area contributed by atoms with Crippen LogP contribution in [0.1, 0.15) is 25.5 Å². The molecule has 2 aromatic rings. The average Bonchev–Trinajstić information content (AvgIpc) is 3.21. The van der Waals surface area contributed by atoms with Gasteiger partial charge < -0.3 is 14.3 Å². The highest BCUT2D eigenvalue weighted by molar-refractivity contribution is 5.84. The van der Waals surface area contributed by atoms with E-state index in [1.165, 1.54) is 0 Å². The standard InChI is InChI=1S/C21H19NO4/c1-21(2)17(13-23)19(21)20(24)26-18(12-22)14-7-6-10-16(11-14)25-15-8-4-3-5-9-15/h3-11,13,17-19H,1-2H3. The molecule has 0 bridgehead atoms. The summed E-state index contributed by atoms with van der Waals surface area (Å²) in [5.74, 6) is -0.166. The van der Waals surface area contributed by atoms with Crippen LogP contribution in [-0.2, 0) is 14.3 Å². The summed E-state index contributed by atoms with van der Waals surface area (Å²) in [4.78, 5) is 23.4. The van der Waals surface area contributed by atoms with E-state index >= 15 is 0 Å². The van der Waals surface area contributed by atoms with Gasteiger partial charge in [0.1, 0.15) is 23.9 Å². The van der Waals surface area contributed by atoms with Crippen LogP contribution in [0.4, 0.5) is 0 Å². The summed E-state index contributed by atoms with van der Waals surface area (Å²) in [5, 5.41) is 9.43. The van der Waals surface area contributed by atoms with Crippen LogP contribution in [0.2, 0.25) is 0 Å². The Labute approximate surface area is 152 Å². The fourth-order valence-electron chi connectivity index (χ4n) is 3.11. The van der Waals surface area contributed by atoms with Crippen LogP contribution in [0.5, 0.6) is 11.5 Å². The Morgan fingerprint density at radius 3 is 2.46 bits per heavy atom. The molecule has 0 heterocycles. The van der Waals surface area contributed by atoms with Crippen LogP contribution in [0, 0.1) is 28.6 Å². The van der Waals surface area contributed by atoms with E-state index in [0.29, 0.717) is 17.1 Å². The summed E-state index contributed by atoms with van der Waals surface area (Å²) < 4.78 is 11.1. The van der Waals surface area contributed by atoms with Gasteiger partial charge in [0.2, 0.25) is 6.10 Å². The minimum absolute atomic E-state index is 0.359. The van der Waals surface area contributed by atoms with Crippen LogP contribution < -0.4 is 4.74 Å². The number of carbonyl (C=O) groups is 2. The van der Waals surface area contributed by atoms with Gasteiger partial charge in [-0.2, -0.15) is 5.26 Å². The highest BCUT2D eigenvalue weighted by atomic mass is 16.5. The van der Waals surface area contributed by atoms with Crippen LogP contribution in [-0.4, -0.2) is 12.3 Å². The summed E-state index contributed by atoms with van der Waals surface area (Å²) in [6, 6.07) is 18.1. The number of hydrogen-bond acceptors (Lipinski definition) is 5. The van der Waals surface area contributed by atoms with E-state index in [1.54, 1.807) is 24.3 Å². The van der Waals surface area contributed by atoms with Crippen molar-refractivity contribution in [3.63, 3.8) is 0 Å². The zero-order valence-corrected chi connectivity index (χ0v) is 14.6. The first-order valence-electron chi connectivity index (χ1n) is 8.35. The van der Waals surface area contributed by atoms with E-state index < -0.39 is 23.4 Å². The SMILES string of the molecule is CC1(C)C(C=O)C1C(=O)OC(C#N)c1cccc(Oc2ccccc2)c1. The number of nitriles is 1. The Bertz CT molecular complexity index is 854. The molecule has 0 amide bonds. The molecule has 2 aromatic carbocycles. The van der Waals surface area contributed by atoms with Gasteiger partial charge >= 0.3 is 5.97 Å². The molecule has 0 radical (unpaired) electrons. The maximum Gasteiger partial charge on any atom is 0.311 e. The number of benzene rings is 2. The molecular formula is C21H19NO4. The Morgan fingerprint density at radius 1 is 1.15 bits per heavy atom. The molecule has 3 rings (SSSR count). The smallest absolute Gasteiger partial charge is 0.311 e. The molecule has 0 aliphatic heterocycles. The number of rotatable bonds is 6. The molecule has 1 aliphatic carbocycles. The molecule has 0 aromatic heterocycles. The molecule has 3 atom stereocenters. The van der Waals surface area contributed by atoms with Gasteiger partial charge in [-0.25, -0.2) is 0 Å². The molecule has 3 unspecified atom stereocenters. The predicted octanol–water partition coefficient (Wildman–Crippen LogP) is 4.06. The third-order valence-corrected chi connectivity index (χ3v) is 4.80. The van der Waals surface area contributed by atoms with E-state index in [9.17, 15) is 14.9 Å². The fourth-order valence-corrected chi connectivity index (χ4v) is 3.11. The lowest BCUT2D eigenvalue weighted by atomic mass is 10.1. The van der Waals surface area contributed by atoms with E-state index in [0.717, 1.165) is 6.29 Å². The predicted molar refractivity (Wildman–Crippen MR) is 94.2 cm³/mol. The lowest BCUT2D eigenvalue weighted by Gasteiger charge is -2.13. The number of nitrogens with zero attached hydrogens (tertiary/aromatic N) is 1. The second kappa shape index (κ2) is 7.01. The topological polar surface area (TPSA) is 76.4 Å². The summed E-state index contributed by atoms with van der Waals surface area (Å²) in [7, 11) is 0. The zero-order valence-electron chi connectivity index (χ0n) is 14.6. The van der Waals surface area contributed by atoms with E-state index in [2.05, 4.69) is 0 Å². The van der Waals surface area contributed by atoms with Crippen LogP contribution in [0.3, 0.4) is 0 Å². The second-order valence-electron chi connectivity index (χ2n) is 6.89. The van der Waals surface area contributed by atoms with Gasteiger partial charge in [-0.1, -0.05) is 44.2 Å². The molecule has 0 saturated heterocycles. The molecule has 0 N–H and O–H groups in total. The van der Waals surface area contributed by atoms with Crippen LogP contribution in [0.25, 0.3) is 0 Å².